The molecule has 3 aromatic rings. The van der Waals surface area contributed by atoms with Crippen LogP contribution in [0.25, 0.3) is 11.5 Å². The number of hydrogen-bond acceptors (Lipinski definition) is 6. The van der Waals surface area contributed by atoms with Crippen molar-refractivity contribution >= 4 is 34.8 Å². The van der Waals surface area contributed by atoms with Gasteiger partial charge in [0, 0.05) is 18.2 Å². The van der Waals surface area contributed by atoms with Crippen LogP contribution in [0.2, 0.25) is 10.0 Å². The van der Waals surface area contributed by atoms with Crippen molar-refractivity contribution in [3.8, 4) is 11.5 Å². The molecule has 3 rings (SSSR count). The zero-order valence-corrected chi connectivity index (χ0v) is 17.0. The predicted molar refractivity (Wildman–Crippen MR) is 108 cm³/mol. The number of nitro groups is 1. The Labute approximate surface area is 176 Å². The number of amides is 1. The number of nitro benzene ring substituents is 1. The van der Waals surface area contributed by atoms with Gasteiger partial charge < -0.3 is 9.32 Å². The lowest BCUT2D eigenvalue weighted by Crippen LogP contribution is -2.36. The Morgan fingerprint density at radius 3 is 2.52 bits per heavy atom. The summed E-state index contributed by atoms with van der Waals surface area (Å²) in [5.74, 6) is 0.0625. The minimum atomic E-state index is -0.574. The van der Waals surface area contributed by atoms with Crippen LogP contribution in [0, 0.1) is 10.1 Å². The summed E-state index contributed by atoms with van der Waals surface area (Å²) < 4.78 is 5.68. The van der Waals surface area contributed by atoms with Gasteiger partial charge in [0.2, 0.25) is 11.8 Å². The Kier molecular flexibility index (Phi) is 6.14. The largest absolute Gasteiger partial charge is 0.419 e. The summed E-state index contributed by atoms with van der Waals surface area (Å²) in [6, 6.07) is 10.5. The third kappa shape index (κ3) is 4.55. The standard InChI is InChI=1S/C19H16Cl2N4O4/c1-11(2)24(19(26)14-8-7-12(25(27)28)9-16(14)21)10-17-22-23-18(29-17)13-5-3-4-6-15(13)20/h3-9,11H,10H2,1-2H3. The summed E-state index contributed by atoms with van der Waals surface area (Å²) in [6.45, 7) is 3.69. The van der Waals surface area contributed by atoms with Crippen molar-refractivity contribution < 1.29 is 14.1 Å². The fourth-order valence-corrected chi connectivity index (χ4v) is 3.11. The topological polar surface area (TPSA) is 102 Å². The van der Waals surface area contributed by atoms with Crippen molar-refractivity contribution in [2.75, 3.05) is 0 Å². The maximum absolute atomic E-state index is 13.0. The number of carbonyl (C=O) groups excluding carboxylic acids is 1. The molecule has 0 atom stereocenters. The third-order valence-electron chi connectivity index (χ3n) is 4.15. The molecule has 0 aliphatic heterocycles. The summed E-state index contributed by atoms with van der Waals surface area (Å²) in [5, 5.41) is 19.3. The van der Waals surface area contributed by atoms with Crippen molar-refractivity contribution in [3.05, 3.63) is 74.1 Å². The molecule has 0 bridgehead atoms. The monoisotopic (exact) mass is 434 g/mol. The van der Waals surface area contributed by atoms with Gasteiger partial charge in [0.1, 0.15) is 0 Å². The van der Waals surface area contributed by atoms with Crippen LogP contribution in [0.4, 0.5) is 5.69 Å². The molecule has 29 heavy (non-hydrogen) atoms. The Bertz CT molecular complexity index is 1070. The molecule has 2 aromatic carbocycles. The van der Waals surface area contributed by atoms with Gasteiger partial charge in [-0.2, -0.15) is 0 Å². The van der Waals surface area contributed by atoms with E-state index >= 15 is 0 Å². The second-order valence-corrected chi connectivity index (χ2v) is 7.24. The van der Waals surface area contributed by atoms with Crippen LogP contribution in [0.1, 0.15) is 30.1 Å². The van der Waals surface area contributed by atoms with Gasteiger partial charge in [0.15, 0.2) is 0 Å². The third-order valence-corrected chi connectivity index (χ3v) is 4.80. The molecule has 0 saturated heterocycles. The molecule has 0 radical (unpaired) electrons. The van der Waals surface area contributed by atoms with E-state index in [9.17, 15) is 14.9 Å². The van der Waals surface area contributed by atoms with E-state index < -0.39 is 10.8 Å². The number of hydrogen-bond donors (Lipinski definition) is 0. The molecule has 0 fully saturated rings. The summed E-state index contributed by atoms with van der Waals surface area (Å²) in [4.78, 5) is 24.8. The number of rotatable bonds is 6. The maximum atomic E-state index is 13.0. The molecule has 1 amide bonds. The second kappa shape index (κ2) is 8.59. The minimum absolute atomic E-state index is 0.00265. The molecule has 1 heterocycles. The van der Waals surface area contributed by atoms with Crippen molar-refractivity contribution in [3.63, 3.8) is 0 Å². The van der Waals surface area contributed by atoms with E-state index in [0.29, 0.717) is 10.6 Å². The van der Waals surface area contributed by atoms with Crippen LogP contribution in [-0.4, -0.2) is 32.0 Å². The van der Waals surface area contributed by atoms with Crippen LogP contribution < -0.4 is 0 Å². The van der Waals surface area contributed by atoms with E-state index in [1.807, 2.05) is 13.8 Å². The Morgan fingerprint density at radius 1 is 1.17 bits per heavy atom. The van der Waals surface area contributed by atoms with Crippen molar-refractivity contribution in [1.29, 1.82) is 0 Å². The van der Waals surface area contributed by atoms with Crippen LogP contribution in [0.3, 0.4) is 0 Å². The number of aromatic nitrogens is 2. The quantitative estimate of drug-likeness (QED) is 0.399. The second-order valence-electron chi connectivity index (χ2n) is 6.43. The summed E-state index contributed by atoms with van der Waals surface area (Å²) >= 11 is 12.3. The minimum Gasteiger partial charge on any atom is -0.419 e. The highest BCUT2D eigenvalue weighted by atomic mass is 35.5. The van der Waals surface area contributed by atoms with Gasteiger partial charge in [-0.15, -0.1) is 10.2 Å². The molecule has 150 valence electrons. The van der Waals surface area contributed by atoms with E-state index in [2.05, 4.69) is 10.2 Å². The van der Waals surface area contributed by atoms with Gasteiger partial charge in [-0.3, -0.25) is 14.9 Å². The Balaban J connectivity index is 1.85. The van der Waals surface area contributed by atoms with Crippen molar-refractivity contribution in [2.24, 2.45) is 0 Å². The van der Waals surface area contributed by atoms with Crippen LogP contribution >= 0.6 is 23.2 Å². The van der Waals surface area contributed by atoms with Gasteiger partial charge in [0.25, 0.3) is 11.6 Å². The van der Waals surface area contributed by atoms with E-state index in [-0.39, 0.29) is 40.6 Å². The number of non-ortho nitro benzene ring substituents is 1. The number of carbonyl (C=O) groups is 1. The van der Waals surface area contributed by atoms with E-state index in [0.717, 1.165) is 6.07 Å². The van der Waals surface area contributed by atoms with E-state index in [1.165, 1.54) is 17.0 Å². The zero-order chi connectivity index (χ0) is 21.1. The highest BCUT2D eigenvalue weighted by Gasteiger charge is 2.25. The molecule has 0 aliphatic rings. The first-order chi connectivity index (χ1) is 13.8. The first-order valence-electron chi connectivity index (χ1n) is 8.60. The van der Waals surface area contributed by atoms with E-state index in [4.69, 9.17) is 27.6 Å². The summed E-state index contributed by atoms with van der Waals surface area (Å²) in [7, 11) is 0. The SMILES string of the molecule is CC(C)N(Cc1nnc(-c2ccccc2Cl)o1)C(=O)c1ccc([N+](=O)[O-])cc1Cl. The predicted octanol–water partition coefficient (Wildman–Crippen LogP) is 5.00. The molecule has 8 nitrogen and oxygen atoms in total. The van der Waals surface area contributed by atoms with Crippen LogP contribution in [-0.2, 0) is 6.54 Å². The fourth-order valence-electron chi connectivity index (χ4n) is 2.64. The molecular weight excluding hydrogens is 419 g/mol. The molecule has 10 heteroatoms. The van der Waals surface area contributed by atoms with Crippen molar-refractivity contribution in [2.45, 2.75) is 26.4 Å². The normalized spacial score (nSPS) is 10.9. The van der Waals surface area contributed by atoms with Gasteiger partial charge in [0.05, 0.1) is 32.6 Å². The fraction of sp³-hybridized carbons (Fsp3) is 0.211. The molecule has 0 saturated carbocycles. The first-order valence-corrected chi connectivity index (χ1v) is 9.35. The number of nitrogens with zero attached hydrogens (tertiary/aromatic N) is 4. The first kappa shape index (κ1) is 20.8. The van der Waals surface area contributed by atoms with Gasteiger partial charge >= 0.3 is 0 Å². The van der Waals surface area contributed by atoms with Gasteiger partial charge in [-0.05, 0) is 32.0 Å². The molecule has 0 N–H and O–H groups in total. The number of halogens is 2. The molecule has 0 spiro atoms. The maximum Gasteiger partial charge on any atom is 0.270 e. The van der Waals surface area contributed by atoms with E-state index in [1.54, 1.807) is 24.3 Å². The van der Waals surface area contributed by atoms with Crippen LogP contribution in [0.5, 0.6) is 0 Å². The molecule has 0 unspecified atom stereocenters. The lowest BCUT2D eigenvalue weighted by molar-refractivity contribution is -0.384. The lowest BCUT2D eigenvalue weighted by atomic mass is 10.1. The Morgan fingerprint density at radius 2 is 1.90 bits per heavy atom. The van der Waals surface area contributed by atoms with Crippen molar-refractivity contribution in [1.82, 2.24) is 15.1 Å². The van der Waals surface area contributed by atoms with Gasteiger partial charge in [-0.25, -0.2) is 0 Å². The number of benzene rings is 2. The molecular formula is C19H16Cl2N4O4. The highest BCUT2D eigenvalue weighted by Crippen LogP contribution is 2.28. The smallest absolute Gasteiger partial charge is 0.270 e. The zero-order valence-electron chi connectivity index (χ0n) is 15.5. The summed E-state index contributed by atoms with van der Waals surface area (Å²) in [5.41, 5.74) is 0.550. The molecule has 1 aromatic heterocycles. The average molecular weight is 435 g/mol. The van der Waals surface area contributed by atoms with Crippen LogP contribution in [0.15, 0.2) is 46.9 Å². The Hall–Kier alpha value is -2.97. The highest BCUT2D eigenvalue weighted by molar-refractivity contribution is 6.34. The molecule has 0 aliphatic carbocycles. The summed E-state index contributed by atoms with van der Waals surface area (Å²) in [6.07, 6.45) is 0. The van der Waals surface area contributed by atoms with Gasteiger partial charge in [-0.1, -0.05) is 35.3 Å². The lowest BCUT2D eigenvalue weighted by Gasteiger charge is -2.25. The average Bonchev–Trinajstić information content (AvgIpc) is 3.14.